The number of hydrogen-bond acceptors (Lipinski definition) is 3. The number of rotatable bonds is 3. The van der Waals surface area contributed by atoms with Crippen LogP contribution in [0, 0.1) is 0 Å². The van der Waals surface area contributed by atoms with E-state index in [2.05, 4.69) is 4.98 Å². The third-order valence-electron chi connectivity index (χ3n) is 2.37. The minimum atomic E-state index is -0.365. The van der Waals surface area contributed by atoms with Crippen LogP contribution in [0.5, 0.6) is 0 Å². The van der Waals surface area contributed by atoms with Crippen LogP contribution in [-0.2, 0) is 16.1 Å². The molecule has 4 nitrogen and oxygen atoms in total. The molecule has 0 aliphatic carbocycles. The monoisotopic (exact) mass is 217 g/mol. The number of carbonyl (C=O) groups is 2. The van der Waals surface area contributed by atoms with Crippen LogP contribution in [0.15, 0.2) is 24.3 Å². The highest BCUT2D eigenvalue weighted by molar-refractivity contribution is 5.98. The molecule has 0 spiro atoms. The van der Waals surface area contributed by atoms with E-state index in [0.29, 0.717) is 11.3 Å². The molecule has 0 atom stereocenters. The van der Waals surface area contributed by atoms with Crippen molar-refractivity contribution in [2.75, 3.05) is 0 Å². The fourth-order valence-electron chi connectivity index (χ4n) is 1.64. The lowest BCUT2D eigenvalue weighted by atomic mass is 10.1. The summed E-state index contributed by atoms with van der Waals surface area (Å²) in [5.41, 5.74) is 2.05. The standard InChI is InChI=1S/C12H11NO3/c1-8(15)16-7-12-10(6-14)9-4-2-3-5-11(9)13-12/h2-6,13H,7H2,1H3. The van der Waals surface area contributed by atoms with Gasteiger partial charge in [0.1, 0.15) is 6.61 Å². The first kappa shape index (κ1) is 10.4. The van der Waals surface area contributed by atoms with Gasteiger partial charge in [-0.1, -0.05) is 18.2 Å². The molecule has 1 N–H and O–H groups in total. The van der Waals surface area contributed by atoms with E-state index in [0.717, 1.165) is 17.2 Å². The molecule has 16 heavy (non-hydrogen) atoms. The number of aromatic amines is 1. The van der Waals surface area contributed by atoms with E-state index in [-0.39, 0.29) is 12.6 Å². The van der Waals surface area contributed by atoms with E-state index >= 15 is 0 Å². The molecule has 2 rings (SSSR count). The zero-order valence-electron chi connectivity index (χ0n) is 8.82. The number of benzene rings is 1. The van der Waals surface area contributed by atoms with Gasteiger partial charge >= 0.3 is 5.97 Å². The zero-order chi connectivity index (χ0) is 11.5. The molecule has 1 aromatic heterocycles. The van der Waals surface area contributed by atoms with Gasteiger partial charge in [-0.15, -0.1) is 0 Å². The van der Waals surface area contributed by atoms with E-state index in [4.69, 9.17) is 4.74 Å². The highest BCUT2D eigenvalue weighted by Gasteiger charge is 2.10. The minimum Gasteiger partial charge on any atom is -0.459 e. The highest BCUT2D eigenvalue weighted by Crippen LogP contribution is 2.21. The highest BCUT2D eigenvalue weighted by atomic mass is 16.5. The first-order valence-corrected chi connectivity index (χ1v) is 4.90. The molecule has 4 heteroatoms. The van der Waals surface area contributed by atoms with Gasteiger partial charge in [-0.3, -0.25) is 9.59 Å². The summed E-state index contributed by atoms with van der Waals surface area (Å²) in [5, 5.41) is 0.847. The summed E-state index contributed by atoms with van der Waals surface area (Å²) >= 11 is 0. The van der Waals surface area contributed by atoms with Crippen molar-refractivity contribution in [2.45, 2.75) is 13.5 Å². The predicted molar refractivity (Wildman–Crippen MR) is 59.2 cm³/mol. The van der Waals surface area contributed by atoms with Crippen LogP contribution in [-0.4, -0.2) is 17.2 Å². The maximum absolute atomic E-state index is 11.0. The molecule has 2 aromatic rings. The smallest absolute Gasteiger partial charge is 0.303 e. The Morgan fingerprint density at radius 2 is 2.19 bits per heavy atom. The minimum absolute atomic E-state index is 0.0953. The average Bonchev–Trinajstić information content (AvgIpc) is 2.63. The second-order valence-corrected chi connectivity index (χ2v) is 3.46. The number of aromatic nitrogens is 1. The molecule has 0 radical (unpaired) electrons. The molecule has 82 valence electrons. The van der Waals surface area contributed by atoms with Gasteiger partial charge in [-0.05, 0) is 6.07 Å². The Hall–Kier alpha value is -2.10. The summed E-state index contributed by atoms with van der Waals surface area (Å²) in [6, 6.07) is 7.47. The van der Waals surface area contributed by atoms with Crippen LogP contribution in [0.25, 0.3) is 10.9 Å². The Bertz CT molecular complexity index is 542. The zero-order valence-corrected chi connectivity index (χ0v) is 8.82. The van der Waals surface area contributed by atoms with Crippen molar-refractivity contribution in [2.24, 2.45) is 0 Å². The Balaban J connectivity index is 2.44. The fourth-order valence-corrected chi connectivity index (χ4v) is 1.64. The lowest BCUT2D eigenvalue weighted by molar-refractivity contribution is -0.142. The lowest BCUT2D eigenvalue weighted by Gasteiger charge is -1.99. The van der Waals surface area contributed by atoms with Crippen LogP contribution in [0.4, 0.5) is 0 Å². The molecular formula is C12H11NO3. The first-order chi connectivity index (χ1) is 7.72. The van der Waals surface area contributed by atoms with E-state index in [1.165, 1.54) is 6.92 Å². The number of para-hydroxylation sites is 1. The number of fused-ring (bicyclic) bond motifs is 1. The van der Waals surface area contributed by atoms with Gasteiger partial charge in [-0.2, -0.15) is 0 Å². The van der Waals surface area contributed by atoms with Gasteiger partial charge in [-0.25, -0.2) is 0 Å². The molecule has 0 aliphatic heterocycles. The quantitative estimate of drug-likeness (QED) is 0.632. The summed E-state index contributed by atoms with van der Waals surface area (Å²) in [6.45, 7) is 1.43. The number of aldehydes is 1. The van der Waals surface area contributed by atoms with E-state index < -0.39 is 0 Å². The molecule has 0 aliphatic rings. The van der Waals surface area contributed by atoms with Crippen molar-refractivity contribution < 1.29 is 14.3 Å². The predicted octanol–water partition coefficient (Wildman–Crippen LogP) is 2.04. The SMILES string of the molecule is CC(=O)OCc1[nH]c2ccccc2c1C=O. The van der Waals surface area contributed by atoms with Crippen molar-refractivity contribution in [1.82, 2.24) is 4.98 Å². The topological polar surface area (TPSA) is 59.2 Å². The molecule has 1 heterocycles. The van der Waals surface area contributed by atoms with Crippen molar-refractivity contribution in [3.05, 3.63) is 35.5 Å². The average molecular weight is 217 g/mol. The number of carbonyl (C=O) groups excluding carboxylic acids is 2. The number of hydrogen-bond donors (Lipinski definition) is 1. The largest absolute Gasteiger partial charge is 0.459 e. The van der Waals surface area contributed by atoms with Gasteiger partial charge < -0.3 is 9.72 Å². The molecule has 0 unspecified atom stereocenters. The third-order valence-corrected chi connectivity index (χ3v) is 2.37. The number of esters is 1. The second-order valence-electron chi connectivity index (χ2n) is 3.46. The summed E-state index contributed by atoms with van der Waals surface area (Å²) in [7, 11) is 0. The molecular weight excluding hydrogens is 206 g/mol. The van der Waals surface area contributed by atoms with Crippen LogP contribution < -0.4 is 0 Å². The number of H-pyrrole nitrogens is 1. The molecule has 0 amide bonds. The van der Waals surface area contributed by atoms with E-state index in [1.807, 2.05) is 24.3 Å². The number of ether oxygens (including phenoxy) is 1. The van der Waals surface area contributed by atoms with Crippen molar-refractivity contribution >= 4 is 23.2 Å². The van der Waals surface area contributed by atoms with Crippen LogP contribution in [0.2, 0.25) is 0 Å². The van der Waals surface area contributed by atoms with Crippen molar-refractivity contribution in [3.8, 4) is 0 Å². The maximum atomic E-state index is 11.0. The molecule has 0 saturated carbocycles. The fraction of sp³-hybridized carbons (Fsp3) is 0.167. The van der Waals surface area contributed by atoms with E-state index in [1.54, 1.807) is 0 Å². The Kier molecular flexibility index (Phi) is 2.72. The van der Waals surface area contributed by atoms with Crippen molar-refractivity contribution in [1.29, 1.82) is 0 Å². The third kappa shape index (κ3) is 1.82. The maximum Gasteiger partial charge on any atom is 0.303 e. The summed E-state index contributed by atoms with van der Waals surface area (Å²) in [6.07, 6.45) is 0.775. The van der Waals surface area contributed by atoms with Gasteiger partial charge in [0.25, 0.3) is 0 Å². The summed E-state index contributed by atoms with van der Waals surface area (Å²) < 4.78 is 4.87. The van der Waals surface area contributed by atoms with Gasteiger partial charge in [0, 0.05) is 23.4 Å². The summed E-state index contributed by atoms with van der Waals surface area (Å²) in [5.74, 6) is -0.365. The normalized spacial score (nSPS) is 10.3. The van der Waals surface area contributed by atoms with Gasteiger partial charge in [0.15, 0.2) is 6.29 Å². The Morgan fingerprint density at radius 3 is 2.88 bits per heavy atom. The van der Waals surface area contributed by atoms with E-state index in [9.17, 15) is 9.59 Å². The second kappa shape index (κ2) is 4.18. The lowest BCUT2D eigenvalue weighted by Crippen LogP contribution is -2.01. The Labute approximate surface area is 92.2 Å². The number of nitrogens with one attached hydrogen (secondary N) is 1. The summed E-state index contributed by atoms with van der Waals surface area (Å²) in [4.78, 5) is 24.8. The van der Waals surface area contributed by atoms with Gasteiger partial charge in [0.05, 0.1) is 5.69 Å². The van der Waals surface area contributed by atoms with Crippen LogP contribution >= 0.6 is 0 Å². The first-order valence-electron chi connectivity index (χ1n) is 4.90. The van der Waals surface area contributed by atoms with Crippen LogP contribution in [0.3, 0.4) is 0 Å². The van der Waals surface area contributed by atoms with Gasteiger partial charge in [0.2, 0.25) is 0 Å². The van der Waals surface area contributed by atoms with Crippen LogP contribution in [0.1, 0.15) is 23.0 Å². The van der Waals surface area contributed by atoms with Crippen molar-refractivity contribution in [3.63, 3.8) is 0 Å². The molecule has 1 aromatic carbocycles. The Morgan fingerprint density at radius 1 is 1.44 bits per heavy atom. The molecule has 0 fully saturated rings. The molecule has 0 saturated heterocycles. The molecule has 0 bridgehead atoms.